The average molecular weight is 602 g/mol. The fourth-order valence-corrected chi connectivity index (χ4v) is 6.73. The summed E-state index contributed by atoms with van der Waals surface area (Å²) in [5.41, 5.74) is 8.25. The molecule has 0 aromatic heterocycles. The SMILES string of the molecule is Cc1ccc(C=Cc2ccc(N(c3ccc(C)cc3)c3ccc4/c(c3)=c3/cccc/c3=c3\cccc\c3=c3/cccc/c3=4)cc2)cc1. The lowest BCUT2D eigenvalue weighted by Crippen LogP contribution is -2.10. The average Bonchev–Trinajstić information content (AvgIpc) is 3.12. The van der Waals surface area contributed by atoms with E-state index in [1.54, 1.807) is 0 Å². The Morgan fingerprint density at radius 1 is 0.319 bits per heavy atom. The van der Waals surface area contributed by atoms with Gasteiger partial charge in [-0.2, -0.15) is 0 Å². The van der Waals surface area contributed by atoms with Crippen LogP contribution in [-0.4, -0.2) is 0 Å². The van der Waals surface area contributed by atoms with Gasteiger partial charge in [-0.1, -0.05) is 151 Å². The van der Waals surface area contributed by atoms with Crippen molar-refractivity contribution in [3.8, 4) is 0 Å². The van der Waals surface area contributed by atoms with Crippen LogP contribution in [0.1, 0.15) is 22.3 Å². The molecule has 0 unspecified atom stereocenters. The van der Waals surface area contributed by atoms with Gasteiger partial charge >= 0.3 is 0 Å². The maximum Gasteiger partial charge on any atom is 0.0468 e. The quantitative estimate of drug-likeness (QED) is 0.177. The molecule has 1 aliphatic carbocycles. The van der Waals surface area contributed by atoms with Crippen molar-refractivity contribution in [3.63, 3.8) is 0 Å². The highest BCUT2D eigenvalue weighted by Crippen LogP contribution is 2.35. The van der Waals surface area contributed by atoms with Crippen LogP contribution in [0.3, 0.4) is 0 Å². The van der Waals surface area contributed by atoms with Gasteiger partial charge in [-0.05, 0) is 103 Å². The molecule has 7 aromatic rings. The van der Waals surface area contributed by atoms with Crippen molar-refractivity contribution in [2.45, 2.75) is 13.8 Å². The molecular weight excluding hydrogens is 567 g/mol. The van der Waals surface area contributed by atoms with Crippen LogP contribution in [0, 0.1) is 55.6 Å². The van der Waals surface area contributed by atoms with Crippen LogP contribution in [0.15, 0.2) is 164 Å². The number of hydrogen-bond donors (Lipinski definition) is 0. The summed E-state index contributed by atoms with van der Waals surface area (Å²) in [5, 5.41) is 10.0. The topological polar surface area (TPSA) is 3.24 Å². The summed E-state index contributed by atoms with van der Waals surface area (Å²) in [5.74, 6) is 0. The van der Waals surface area contributed by atoms with E-state index >= 15 is 0 Å². The van der Waals surface area contributed by atoms with E-state index in [0.29, 0.717) is 0 Å². The molecule has 0 saturated carbocycles. The van der Waals surface area contributed by atoms with Crippen LogP contribution in [0.5, 0.6) is 0 Å². The summed E-state index contributed by atoms with van der Waals surface area (Å²) in [6.07, 6.45) is 4.36. The van der Waals surface area contributed by atoms with Gasteiger partial charge in [0.25, 0.3) is 0 Å². The number of benzene rings is 7. The van der Waals surface area contributed by atoms with Gasteiger partial charge in [0.15, 0.2) is 0 Å². The maximum absolute atomic E-state index is 2.38. The highest BCUT2D eigenvalue weighted by molar-refractivity contribution is 5.78. The van der Waals surface area contributed by atoms with Gasteiger partial charge < -0.3 is 4.90 Å². The van der Waals surface area contributed by atoms with Crippen LogP contribution >= 0.6 is 0 Å². The first-order valence-electron chi connectivity index (χ1n) is 16.3. The van der Waals surface area contributed by atoms with Crippen molar-refractivity contribution in [2.75, 3.05) is 4.90 Å². The Kier molecular flexibility index (Phi) is 7.36. The fraction of sp³-hybridized carbons (Fsp3) is 0.0435. The Hall–Kier alpha value is -5.92. The molecule has 0 heterocycles. The van der Waals surface area contributed by atoms with Crippen LogP contribution in [0.4, 0.5) is 17.1 Å². The Balaban J connectivity index is 1.37. The predicted molar refractivity (Wildman–Crippen MR) is 196 cm³/mol. The van der Waals surface area contributed by atoms with Gasteiger partial charge in [0, 0.05) is 17.1 Å². The Bertz CT molecular complexity index is 2670. The Morgan fingerprint density at radius 2 is 0.638 bits per heavy atom. The second-order valence-electron chi connectivity index (χ2n) is 12.4. The summed E-state index contributed by atoms with van der Waals surface area (Å²) >= 11 is 0. The van der Waals surface area contributed by atoms with Crippen LogP contribution < -0.4 is 4.90 Å². The first-order chi connectivity index (χ1) is 23.1. The normalized spacial score (nSPS) is 14.6. The molecule has 1 nitrogen and oxygen atoms in total. The smallest absolute Gasteiger partial charge is 0.0468 e. The molecule has 224 valence electrons. The van der Waals surface area contributed by atoms with E-state index in [9.17, 15) is 0 Å². The maximum atomic E-state index is 2.38. The third-order valence-corrected chi connectivity index (χ3v) is 9.19. The monoisotopic (exact) mass is 601 g/mol. The van der Waals surface area contributed by atoms with Gasteiger partial charge in [0.05, 0.1) is 0 Å². The standard InChI is InChI=1S/C46H35N/c1-32-15-19-34(20-16-32)21-22-35-23-27-37(28-24-35)47(36-25-17-33(2)18-26-36)38-29-30-45-43-13-6-5-11-41(43)39-9-3-4-10-40(39)42-12-7-8-14-44(42)46(45)31-38/h3-31H,1-2H3/b22-21?,41-39-,42-40-,45-43-,46-44-. The van der Waals surface area contributed by atoms with Gasteiger partial charge in [-0.15, -0.1) is 0 Å². The number of aryl methyl sites for hydroxylation is 2. The van der Waals surface area contributed by atoms with Crippen molar-refractivity contribution in [1.29, 1.82) is 0 Å². The molecule has 1 aliphatic rings. The second-order valence-corrected chi connectivity index (χ2v) is 12.4. The molecule has 0 radical (unpaired) electrons. The number of anilines is 3. The summed E-state index contributed by atoms with van der Waals surface area (Å²) in [7, 11) is 0. The van der Waals surface area contributed by atoms with Crippen molar-refractivity contribution < 1.29 is 0 Å². The zero-order valence-corrected chi connectivity index (χ0v) is 26.7. The summed E-state index contributed by atoms with van der Waals surface area (Å²) in [4.78, 5) is 2.37. The van der Waals surface area contributed by atoms with Crippen LogP contribution in [0.2, 0.25) is 0 Å². The lowest BCUT2D eigenvalue weighted by atomic mass is 10.0. The summed E-state index contributed by atoms with van der Waals surface area (Å²) < 4.78 is 0. The molecule has 0 spiro atoms. The number of hydrogen-bond acceptors (Lipinski definition) is 1. The first-order valence-corrected chi connectivity index (χ1v) is 16.3. The third-order valence-electron chi connectivity index (χ3n) is 9.19. The van der Waals surface area contributed by atoms with Gasteiger partial charge in [-0.3, -0.25) is 0 Å². The lowest BCUT2D eigenvalue weighted by Gasteiger charge is -2.26. The molecule has 0 fully saturated rings. The number of rotatable bonds is 5. The predicted octanol–water partition coefficient (Wildman–Crippen LogP) is 11.4. The largest absolute Gasteiger partial charge is 0.310 e. The molecule has 8 rings (SSSR count). The minimum Gasteiger partial charge on any atom is -0.310 e. The van der Waals surface area contributed by atoms with Crippen molar-refractivity contribution in [1.82, 2.24) is 0 Å². The van der Waals surface area contributed by atoms with Crippen LogP contribution in [0.25, 0.3) is 12.2 Å². The molecule has 0 saturated heterocycles. The molecule has 0 aliphatic heterocycles. The molecule has 7 aromatic carbocycles. The zero-order chi connectivity index (χ0) is 31.7. The minimum atomic E-state index is 1.12. The highest BCUT2D eigenvalue weighted by Gasteiger charge is 2.13. The summed E-state index contributed by atoms with van der Waals surface area (Å²) in [6, 6.07) is 59.8. The Morgan fingerprint density at radius 3 is 1.09 bits per heavy atom. The second kappa shape index (κ2) is 12.1. The lowest BCUT2D eigenvalue weighted by molar-refractivity contribution is 1.24. The molecule has 0 N–H and O–H groups in total. The van der Waals surface area contributed by atoms with E-state index in [1.807, 2.05) is 0 Å². The molecule has 47 heavy (non-hydrogen) atoms. The fourth-order valence-electron chi connectivity index (χ4n) is 6.73. The van der Waals surface area contributed by atoms with Gasteiger partial charge in [0.1, 0.15) is 0 Å². The first kappa shape index (κ1) is 28.5. The number of nitrogens with zero attached hydrogens (tertiary/aromatic N) is 1. The van der Waals surface area contributed by atoms with E-state index in [2.05, 4.69) is 195 Å². The highest BCUT2D eigenvalue weighted by atomic mass is 15.1. The minimum absolute atomic E-state index is 1.12. The van der Waals surface area contributed by atoms with Crippen molar-refractivity contribution >= 4 is 29.2 Å². The molecular formula is C46H35N. The Labute approximate surface area is 275 Å². The van der Waals surface area contributed by atoms with E-state index in [4.69, 9.17) is 0 Å². The van der Waals surface area contributed by atoms with Crippen molar-refractivity contribution in [2.24, 2.45) is 0 Å². The van der Waals surface area contributed by atoms with E-state index in [0.717, 1.165) is 17.1 Å². The molecule has 0 amide bonds. The van der Waals surface area contributed by atoms with Crippen molar-refractivity contribution in [3.05, 3.63) is 228 Å². The molecule has 0 atom stereocenters. The zero-order valence-electron chi connectivity index (χ0n) is 26.7. The van der Waals surface area contributed by atoms with E-state index in [1.165, 1.54) is 64.0 Å². The molecule has 0 bridgehead atoms. The van der Waals surface area contributed by atoms with E-state index < -0.39 is 0 Å². The molecule has 1 heteroatoms. The van der Waals surface area contributed by atoms with E-state index in [-0.39, 0.29) is 0 Å². The third kappa shape index (κ3) is 5.47. The van der Waals surface area contributed by atoms with Gasteiger partial charge in [0.2, 0.25) is 0 Å². The van der Waals surface area contributed by atoms with Crippen LogP contribution in [-0.2, 0) is 0 Å². The summed E-state index contributed by atoms with van der Waals surface area (Å²) in [6.45, 7) is 4.26. The van der Waals surface area contributed by atoms with Gasteiger partial charge in [-0.25, -0.2) is 0 Å². The number of fused-ring (bicyclic) bond motifs is 4.